The maximum Gasteiger partial charge on any atom is 0.319 e. The highest BCUT2D eigenvalue weighted by Crippen LogP contribution is 2.21. The summed E-state index contributed by atoms with van der Waals surface area (Å²) in [6.45, 7) is 4.83. The van der Waals surface area contributed by atoms with Gasteiger partial charge in [-0.05, 0) is 18.2 Å². The summed E-state index contributed by atoms with van der Waals surface area (Å²) in [6, 6.07) is 8.51. The van der Waals surface area contributed by atoms with Gasteiger partial charge in [-0.25, -0.2) is 4.79 Å². The average Bonchev–Trinajstić information content (AvgIpc) is 2.55. The van der Waals surface area contributed by atoms with Crippen LogP contribution < -0.4 is 0 Å². The van der Waals surface area contributed by atoms with Crippen LogP contribution in [0, 0.1) is 0 Å². The minimum Gasteiger partial charge on any atom is -0.371 e. The molecule has 1 saturated heterocycles. The minimum absolute atomic E-state index is 0.0938. The normalized spacial score (nSPS) is 22.3. The van der Waals surface area contributed by atoms with E-state index in [1.54, 1.807) is 0 Å². The van der Waals surface area contributed by atoms with E-state index in [1.165, 1.54) is 11.1 Å². The molecule has 1 aromatic carbocycles. The lowest BCUT2D eigenvalue weighted by Crippen LogP contribution is -2.52. The number of ether oxygens (including phenoxy) is 1. The molecule has 1 unspecified atom stereocenters. The molecule has 2 aliphatic heterocycles. The van der Waals surface area contributed by atoms with Gasteiger partial charge >= 0.3 is 6.03 Å². The second kappa shape index (κ2) is 6.67. The molecule has 0 radical (unpaired) electrons. The number of fused-ring (bicyclic) bond motifs is 1. The van der Waals surface area contributed by atoms with Crippen LogP contribution >= 0.6 is 0 Å². The predicted molar refractivity (Wildman–Crippen MR) is 85.8 cm³/mol. The van der Waals surface area contributed by atoms with Gasteiger partial charge in [0.25, 0.3) is 0 Å². The fraction of sp³-hybridized carbons (Fsp3) is 0.588. The van der Waals surface area contributed by atoms with Crippen molar-refractivity contribution in [1.82, 2.24) is 14.7 Å². The summed E-state index contributed by atoms with van der Waals surface area (Å²) >= 11 is 0. The van der Waals surface area contributed by atoms with Crippen LogP contribution in [0.1, 0.15) is 11.1 Å². The van der Waals surface area contributed by atoms with Crippen LogP contribution in [0.2, 0.25) is 0 Å². The van der Waals surface area contributed by atoms with Gasteiger partial charge in [-0.15, -0.1) is 0 Å². The molecule has 0 saturated carbocycles. The Morgan fingerprint density at radius 3 is 2.64 bits per heavy atom. The summed E-state index contributed by atoms with van der Waals surface area (Å²) in [5.41, 5.74) is 2.62. The molecule has 3 rings (SSSR count). The molecule has 120 valence electrons. The Labute approximate surface area is 132 Å². The zero-order chi connectivity index (χ0) is 15.5. The lowest BCUT2D eigenvalue weighted by molar-refractivity contribution is 0.0115. The molecular formula is C17H25N3O2. The molecule has 1 aromatic rings. The Kier molecular flexibility index (Phi) is 4.64. The topological polar surface area (TPSA) is 36.0 Å². The van der Waals surface area contributed by atoms with E-state index >= 15 is 0 Å². The third-order valence-electron chi connectivity index (χ3n) is 4.62. The number of likely N-dealkylation sites (N-methyl/N-ethyl adjacent to an activating group) is 2. The van der Waals surface area contributed by atoms with Crippen LogP contribution in [-0.2, 0) is 17.8 Å². The first-order chi connectivity index (χ1) is 10.6. The summed E-state index contributed by atoms with van der Waals surface area (Å²) in [7, 11) is 3.98. The van der Waals surface area contributed by atoms with Crippen molar-refractivity contribution in [3.8, 4) is 0 Å². The van der Waals surface area contributed by atoms with Crippen molar-refractivity contribution in [2.45, 2.75) is 19.1 Å². The minimum atomic E-state index is 0.0938. The van der Waals surface area contributed by atoms with E-state index in [1.807, 2.05) is 22.9 Å². The van der Waals surface area contributed by atoms with Crippen molar-refractivity contribution < 1.29 is 9.53 Å². The predicted octanol–water partition coefficient (Wildman–Crippen LogP) is 1.43. The number of hydrogen-bond donors (Lipinski definition) is 0. The average molecular weight is 303 g/mol. The summed E-state index contributed by atoms with van der Waals surface area (Å²) < 4.78 is 5.91. The van der Waals surface area contributed by atoms with Crippen molar-refractivity contribution in [3.63, 3.8) is 0 Å². The van der Waals surface area contributed by atoms with Crippen LogP contribution in [0.5, 0.6) is 0 Å². The molecule has 5 nitrogen and oxygen atoms in total. The zero-order valence-electron chi connectivity index (χ0n) is 13.5. The Morgan fingerprint density at radius 2 is 1.91 bits per heavy atom. The van der Waals surface area contributed by atoms with Gasteiger partial charge < -0.3 is 19.4 Å². The monoisotopic (exact) mass is 303 g/mol. The molecular weight excluding hydrogens is 278 g/mol. The standard InChI is InChI=1S/C17H25N3O2/c1-18-7-9-20(10-8-18)17(21)19(2)12-16-11-14-5-3-4-6-15(14)13-22-16/h3-6,16H,7-13H2,1-2H3. The molecule has 0 N–H and O–H groups in total. The molecule has 2 heterocycles. The quantitative estimate of drug-likeness (QED) is 0.829. The molecule has 1 fully saturated rings. The first kappa shape index (κ1) is 15.3. The SMILES string of the molecule is CN1CCN(C(=O)N(C)CC2Cc3ccccc3CO2)CC1. The Hall–Kier alpha value is -1.59. The van der Waals surface area contributed by atoms with E-state index < -0.39 is 0 Å². The maximum absolute atomic E-state index is 12.5. The van der Waals surface area contributed by atoms with Crippen molar-refractivity contribution in [3.05, 3.63) is 35.4 Å². The van der Waals surface area contributed by atoms with Gasteiger partial charge in [0.1, 0.15) is 0 Å². The second-order valence-corrected chi connectivity index (χ2v) is 6.36. The number of nitrogens with zero attached hydrogens (tertiary/aromatic N) is 3. The van der Waals surface area contributed by atoms with Gasteiger partial charge in [0, 0.05) is 46.2 Å². The smallest absolute Gasteiger partial charge is 0.319 e. The number of hydrogen-bond acceptors (Lipinski definition) is 3. The number of rotatable bonds is 2. The van der Waals surface area contributed by atoms with Gasteiger partial charge in [0.2, 0.25) is 0 Å². The van der Waals surface area contributed by atoms with E-state index in [0.717, 1.165) is 32.6 Å². The third kappa shape index (κ3) is 3.42. The highest BCUT2D eigenvalue weighted by molar-refractivity contribution is 5.74. The van der Waals surface area contributed by atoms with Gasteiger partial charge in [-0.1, -0.05) is 24.3 Å². The van der Waals surface area contributed by atoms with Gasteiger partial charge in [-0.3, -0.25) is 0 Å². The van der Waals surface area contributed by atoms with Crippen LogP contribution in [0.3, 0.4) is 0 Å². The van der Waals surface area contributed by atoms with Gasteiger partial charge in [-0.2, -0.15) is 0 Å². The number of piperazine rings is 1. The number of amides is 2. The zero-order valence-corrected chi connectivity index (χ0v) is 13.5. The fourth-order valence-corrected chi connectivity index (χ4v) is 3.15. The number of benzene rings is 1. The molecule has 5 heteroatoms. The lowest BCUT2D eigenvalue weighted by Gasteiger charge is -2.36. The molecule has 22 heavy (non-hydrogen) atoms. The van der Waals surface area contributed by atoms with Crippen molar-refractivity contribution >= 4 is 6.03 Å². The highest BCUT2D eigenvalue weighted by atomic mass is 16.5. The van der Waals surface area contributed by atoms with Crippen LogP contribution in [0.4, 0.5) is 4.79 Å². The summed E-state index contributed by atoms with van der Waals surface area (Å²) in [4.78, 5) is 18.5. The second-order valence-electron chi connectivity index (χ2n) is 6.36. The molecule has 2 aliphatic rings. The molecule has 0 bridgehead atoms. The molecule has 2 amide bonds. The van der Waals surface area contributed by atoms with E-state index in [4.69, 9.17) is 4.74 Å². The first-order valence-electron chi connectivity index (χ1n) is 8.00. The van der Waals surface area contributed by atoms with E-state index in [0.29, 0.717) is 13.2 Å². The summed E-state index contributed by atoms with van der Waals surface area (Å²) in [6.07, 6.45) is 0.979. The van der Waals surface area contributed by atoms with Crippen LogP contribution in [-0.4, -0.2) is 73.7 Å². The van der Waals surface area contributed by atoms with Crippen LogP contribution in [0.15, 0.2) is 24.3 Å². The third-order valence-corrected chi connectivity index (χ3v) is 4.62. The summed E-state index contributed by atoms with van der Waals surface area (Å²) in [5, 5.41) is 0. The molecule has 0 aromatic heterocycles. The van der Waals surface area contributed by atoms with Crippen LogP contribution in [0.25, 0.3) is 0 Å². The summed E-state index contributed by atoms with van der Waals surface area (Å²) in [5.74, 6) is 0. The van der Waals surface area contributed by atoms with E-state index in [2.05, 4.69) is 30.1 Å². The van der Waals surface area contributed by atoms with Crippen molar-refractivity contribution in [1.29, 1.82) is 0 Å². The molecule has 0 spiro atoms. The van der Waals surface area contributed by atoms with E-state index in [9.17, 15) is 4.79 Å². The maximum atomic E-state index is 12.5. The van der Waals surface area contributed by atoms with E-state index in [-0.39, 0.29) is 12.1 Å². The Morgan fingerprint density at radius 1 is 1.23 bits per heavy atom. The Balaban J connectivity index is 1.54. The molecule has 1 atom stereocenters. The highest BCUT2D eigenvalue weighted by Gasteiger charge is 2.26. The lowest BCUT2D eigenvalue weighted by atomic mass is 9.99. The number of urea groups is 1. The first-order valence-corrected chi connectivity index (χ1v) is 8.00. The largest absolute Gasteiger partial charge is 0.371 e. The van der Waals surface area contributed by atoms with Gasteiger partial charge in [0.15, 0.2) is 0 Å². The van der Waals surface area contributed by atoms with Crippen molar-refractivity contribution in [2.24, 2.45) is 0 Å². The van der Waals surface area contributed by atoms with Crippen molar-refractivity contribution in [2.75, 3.05) is 46.8 Å². The number of carbonyl (C=O) groups excluding carboxylic acids is 1. The Bertz CT molecular complexity index is 526. The van der Waals surface area contributed by atoms with Gasteiger partial charge in [0.05, 0.1) is 12.7 Å². The number of carbonyl (C=O) groups is 1. The molecule has 0 aliphatic carbocycles. The fourth-order valence-electron chi connectivity index (χ4n) is 3.15.